The second-order valence-electron chi connectivity index (χ2n) is 8.91. The van der Waals surface area contributed by atoms with Crippen LogP contribution in [-0.4, -0.2) is 0 Å². The number of hydrogen-bond donors (Lipinski definition) is 0. The molecule has 2 heteroatoms. The summed E-state index contributed by atoms with van der Waals surface area (Å²) in [7, 11) is 0. The lowest BCUT2D eigenvalue weighted by Crippen LogP contribution is -2.22. The van der Waals surface area contributed by atoms with E-state index in [2.05, 4.69) is 42.5 Å². The molecule has 3 aromatic carbocycles. The van der Waals surface area contributed by atoms with Crippen molar-refractivity contribution in [3.8, 4) is 0 Å². The standard InChI is InChI=1S/C29H32Cl2/c30-28-17-11-16-27(22-28)29(31,25-14-9-6-10-15-25)26-20-18-24(19-21-26)23-12-7-4-2-1-3-5-8-13-23/h6,9-11,14-23H,1-5,7-8,12-13H2. The molecule has 1 unspecified atom stereocenters. The van der Waals surface area contributed by atoms with Gasteiger partial charge < -0.3 is 0 Å². The van der Waals surface area contributed by atoms with Crippen molar-refractivity contribution in [2.45, 2.75) is 68.6 Å². The fourth-order valence-corrected chi connectivity index (χ4v) is 5.56. The van der Waals surface area contributed by atoms with E-state index < -0.39 is 4.87 Å². The molecule has 1 atom stereocenters. The molecule has 0 aliphatic heterocycles. The van der Waals surface area contributed by atoms with Crippen molar-refractivity contribution < 1.29 is 0 Å². The van der Waals surface area contributed by atoms with Crippen molar-refractivity contribution in [1.29, 1.82) is 0 Å². The predicted octanol–water partition coefficient (Wildman–Crippen LogP) is 9.48. The maximum absolute atomic E-state index is 7.45. The SMILES string of the molecule is Clc1cccc(C(Cl)(c2ccccc2)c2ccc(C3CCCCCCCCC3)cc2)c1. The fourth-order valence-electron chi connectivity index (χ4n) is 5.00. The predicted molar refractivity (Wildman–Crippen MR) is 134 cm³/mol. The van der Waals surface area contributed by atoms with Crippen LogP contribution in [0.25, 0.3) is 0 Å². The maximum Gasteiger partial charge on any atom is 0.119 e. The van der Waals surface area contributed by atoms with Crippen molar-refractivity contribution in [3.05, 3.63) is 106 Å². The molecule has 1 saturated carbocycles. The Morgan fingerprint density at radius 2 is 1.13 bits per heavy atom. The second-order valence-corrected chi connectivity index (χ2v) is 9.91. The van der Waals surface area contributed by atoms with Gasteiger partial charge in [-0.2, -0.15) is 0 Å². The summed E-state index contributed by atoms with van der Waals surface area (Å²) in [6.45, 7) is 0. The third-order valence-electron chi connectivity index (χ3n) is 6.78. The maximum atomic E-state index is 7.45. The minimum Gasteiger partial charge on any atom is -0.104 e. The highest BCUT2D eigenvalue weighted by Crippen LogP contribution is 2.44. The molecule has 1 aliphatic carbocycles. The molecular formula is C29H32Cl2. The van der Waals surface area contributed by atoms with Crippen molar-refractivity contribution in [2.75, 3.05) is 0 Å². The van der Waals surface area contributed by atoms with Crippen molar-refractivity contribution >= 4 is 23.2 Å². The Morgan fingerprint density at radius 3 is 1.74 bits per heavy atom. The van der Waals surface area contributed by atoms with E-state index in [9.17, 15) is 0 Å². The Hall–Kier alpha value is -1.76. The minimum atomic E-state index is -0.763. The Labute approximate surface area is 197 Å². The summed E-state index contributed by atoms with van der Waals surface area (Å²) in [4.78, 5) is -0.763. The van der Waals surface area contributed by atoms with Gasteiger partial charge in [-0.15, -0.1) is 11.6 Å². The zero-order valence-corrected chi connectivity index (χ0v) is 19.7. The number of hydrogen-bond acceptors (Lipinski definition) is 0. The van der Waals surface area contributed by atoms with Crippen LogP contribution in [0.1, 0.15) is 86.0 Å². The van der Waals surface area contributed by atoms with Crippen molar-refractivity contribution in [1.82, 2.24) is 0 Å². The topological polar surface area (TPSA) is 0 Å². The molecule has 31 heavy (non-hydrogen) atoms. The van der Waals surface area contributed by atoms with Crippen LogP contribution >= 0.6 is 23.2 Å². The summed E-state index contributed by atoms with van der Waals surface area (Å²) in [6.07, 6.45) is 12.3. The molecule has 0 radical (unpaired) electrons. The van der Waals surface area contributed by atoms with Crippen LogP contribution in [0, 0.1) is 0 Å². The monoisotopic (exact) mass is 450 g/mol. The van der Waals surface area contributed by atoms with Crippen LogP contribution in [-0.2, 0) is 4.87 Å². The summed E-state index contributed by atoms with van der Waals surface area (Å²) < 4.78 is 0. The normalized spacial score (nSPS) is 18.3. The van der Waals surface area contributed by atoms with Crippen LogP contribution in [0.5, 0.6) is 0 Å². The number of halogens is 2. The van der Waals surface area contributed by atoms with Gasteiger partial charge in [-0.3, -0.25) is 0 Å². The first-order chi connectivity index (χ1) is 15.2. The quantitative estimate of drug-likeness (QED) is 0.274. The van der Waals surface area contributed by atoms with Crippen LogP contribution in [0.3, 0.4) is 0 Å². The summed E-state index contributed by atoms with van der Waals surface area (Å²) in [5.74, 6) is 0.666. The van der Waals surface area contributed by atoms with Gasteiger partial charge in [-0.25, -0.2) is 0 Å². The van der Waals surface area contributed by atoms with Crippen molar-refractivity contribution in [2.24, 2.45) is 0 Å². The van der Waals surface area contributed by atoms with Gasteiger partial charge in [-0.05, 0) is 53.1 Å². The van der Waals surface area contributed by atoms with E-state index in [1.807, 2.05) is 36.4 Å². The van der Waals surface area contributed by atoms with Gasteiger partial charge in [-0.1, -0.05) is 123 Å². The molecule has 3 aromatic rings. The van der Waals surface area contributed by atoms with Gasteiger partial charge in [0.05, 0.1) is 0 Å². The zero-order chi connectivity index (χ0) is 21.5. The molecule has 1 fully saturated rings. The third kappa shape index (κ3) is 5.36. The lowest BCUT2D eigenvalue weighted by atomic mass is 9.82. The minimum absolute atomic E-state index is 0.666. The summed E-state index contributed by atoms with van der Waals surface area (Å²) >= 11 is 13.8. The van der Waals surface area contributed by atoms with Gasteiger partial charge in [0.1, 0.15) is 4.87 Å². The zero-order valence-electron chi connectivity index (χ0n) is 18.2. The van der Waals surface area contributed by atoms with E-state index in [0.29, 0.717) is 10.9 Å². The largest absolute Gasteiger partial charge is 0.119 e. The molecule has 0 aromatic heterocycles. The Balaban J connectivity index is 1.66. The molecule has 4 rings (SSSR count). The average molecular weight is 451 g/mol. The first kappa shape index (κ1) is 22.4. The smallest absolute Gasteiger partial charge is 0.104 e. The number of benzene rings is 3. The Bertz CT molecular complexity index is 938. The van der Waals surface area contributed by atoms with Crippen LogP contribution < -0.4 is 0 Å². The molecular weight excluding hydrogens is 419 g/mol. The fraction of sp³-hybridized carbons (Fsp3) is 0.379. The lowest BCUT2D eigenvalue weighted by Gasteiger charge is -2.30. The van der Waals surface area contributed by atoms with Gasteiger partial charge in [0.15, 0.2) is 0 Å². The molecule has 1 aliphatic rings. The molecule has 0 saturated heterocycles. The van der Waals surface area contributed by atoms with Crippen LogP contribution in [0.4, 0.5) is 0 Å². The van der Waals surface area contributed by atoms with Crippen LogP contribution in [0.2, 0.25) is 5.02 Å². The third-order valence-corrected chi connectivity index (χ3v) is 7.67. The molecule has 0 heterocycles. The highest BCUT2D eigenvalue weighted by molar-refractivity contribution is 6.31. The van der Waals surface area contributed by atoms with Gasteiger partial charge >= 0.3 is 0 Å². The number of alkyl halides is 1. The first-order valence-corrected chi connectivity index (χ1v) is 12.5. The second kappa shape index (κ2) is 10.7. The average Bonchev–Trinajstić information content (AvgIpc) is 2.82. The summed E-state index contributed by atoms with van der Waals surface area (Å²) in [6, 6.07) is 27.3. The van der Waals surface area contributed by atoms with E-state index in [1.54, 1.807) is 0 Å². The van der Waals surface area contributed by atoms with E-state index in [-0.39, 0.29) is 0 Å². The van der Waals surface area contributed by atoms with Gasteiger partial charge in [0.2, 0.25) is 0 Å². The molecule has 0 N–H and O–H groups in total. The van der Waals surface area contributed by atoms with Gasteiger partial charge in [0.25, 0.3) is 0 Å². The molecule has 0 nitrogen and oxygen atoms in total. The van der Waals surface area contributed by atoms with Gasteiger partial charge in [0, 0.05) is 5.02 Å². The highest BCUT2D eigenvalue weighted by Gasteiger charge is 2.34. The molecule has 0 amide bonds. The lowest BCUT2D eigenvalue weighted by molar-refractivity contribution is 0.462. The molecule has 162 valence electrons. The van der Waals surface area contributed by atoms with E-state index in [4.69, 9.17) is 23.2 Å². The first-order valence-electron chi connectivity index (χ1n) is 11.8. The van der Waals surface area contributed by atoms with E-state index in [1.165, 1.54) is 63.4 Å². The summed E-state index contributed by atoms with van der Waals surface area (Å²) in [5.41, 5.74) is 4.61. The Morgan fingerprint density at radius 1 is 0.581 bits per heavy atom. The number of rotatable bonds is 4. The summed E-state index contributed by atoms with van der Waals surface area (Å²) in [5, 5.41) is 0.705. The molecule has 0 spiro atoms. The van der Waals surface area contributed by atoms with Crippen LogP contribution in [0.15, 0.2) is 78.9 Å². The molecule has 0 bridgehead atoms. The highest BCUT2D eigenvalue weighted by atomic mass is 35.5. The van der Waals surface area contributed by atoms with Crippen molar-refractivity contribution in [3.63, 3.8) is 0 Å². The van der Waals surface area contributed by atoms with E-state index >= 15 is 0 Å². The van der Waals surface area contributed by atoms with E-state index in [0.717, 1.165) is 16.7 Å². The Kier molecular flexibility index (Phi) is 7.75.